The second kappa shape index (κ2) is 16.1. The molecule has 0 aromatic heterocycles. The van der Waals surface area contributed by atoms with Crippen molar-refractivity contribution in [2.75, 3.05) is 18.4 Å². The molecule has 0 bridgehead atoms. The van der Waals surface area contributed by atoms with Gasteiger partial charge in [-0.15, -0.1) is 0 Å². The van der Waals surface area contributed by atoms with E-state index in [1.807, 2.05) is 12.1 Å². The number of rotatable bonds is 16. The fraction of sp³-hybridized carbons (Fsp3) is 0.667. The molecule has 0 radical (unpaired) electrons. The van der Waals surface area contributed by atoms with Gasteiger partial charge in [0.05, 0.1) is 0 Å². The molecule has 0 spiro atoms. The van der Waals surface area contributed by atoms with Crippen LogP contribution in [0.2, 0.25) is 0 Å². The van der Waals surface area contributed by atoms with Crippen LogP contribution < -0.4 is 10.6 Å². The van der Waals surface area contributed by atoms with Gasteiger partial charge in [-0.2, -0.15) is 0 Å². The van der Waals surface area contributed by atoms with Crippen molar-refractivity contribution in [3.8, 4) is 0 Å². The number of carbonyl (C=O) groups is 1. The molecule has 1 aliphatic rings. The summed E-state index contributed by atoms with van der Waals surface area (Å²) in [5.41, 5.74) is 3.53. The predicted molar refractivity (Wildman–Crippen MR) is 131 cm³/mol. The minimum absolute atomic E-state index is 0.148. The van der Waals surface area contributed by atoms with Crippen LogP contribution in [0, 0.1) is 0 Å². The summed E-state index contributed by atoms with van der Waals surface area (Å²) in [6.07, 6.45) is 21.3. The van der Waals surface area contributed by atoms with Crippen LogP contribution in [0.1, 0.15) is 109 Å². The number of anilines is 1. The Bertz CT molecular complexity index is 623. The molecule has 0 saturated heterocycles. The largest absolute Gasteiger partial charge is 0.326 e. The molecule has 1 heterocycles. The Morgan fingerprint density at radius 3 is 2.13 bits per heavy atom. The molecule has 3 heteroatoms. The second-order valence-electron chi connectivity index (χ2n) is 8.81. The summed E-state index contributed by atoms with van der Waals surface area (Å²) in [7, 11) is 0. The van der Waals surface area contributed by atoms with Crippen molar-refractivity contribution in [2.45, 2.75) is 103 Å². The zero-order chi connectivity index (χ0) is 21.3. The first-order valence-electron chi connectivity index (χ1n) is 12.6. The average molecular weight is 413 g/mol. The predicted octanol–water partition coefficient (Wildman–Crippen LogP) is 7.48. The highest BCUT2D eigenvalue weighted by molar-refractivity contribution is 5.91. The van der Waals surface area contributed by atoms with Crippen LogP contribution in [0.3, 0.4) is 0 Å². The third kappa shape index (κ3) is 11.0. The Hall–Kier alpha value is -1.61. The molecule has 1 amide bonds. The first kappa shape index (κ1) is 24.7. The highest BCUT2D eigenvalue weighted by Crippen LogP contribution is 2.23. The van der Waals surface area contributed by atoms with Gasteiger partial charge in [-0.05, 0) is 42.7 Å². The van der Waals surface area contributed by atoms with Gasteiger partial charge in [0, 0.05) is 18.7 Å². The first-order chi connectivity index (χ1) is 14.8. The standard InChI is InChI=1S/C27H44N2O/c1-2-3-4-5-6-7-8-9-10-11-12-13-14-18-27(30)29-26-17-15-16-25(23-26)24-19-21-28-22-20-24/h15-17,19,23,28H,2-14,18,20-22H2,1H3,(H,29,30). The molecule has 1 aromatic carbocycles. The maximum Gasteiger partial charge on any atom is 0.224 e. The van der Waals surface area contributed by atoms with Crippen LogP contribution in [0.15, 0.2) is 30.3 Å². The Morgan fingerprint density at radius 2 is 1.53 bits per heavy atom. The molecule has 168 valence electrons. The van der Waals surface area contributed by atoms with E-state index in [1.54, 1.807) is 0 Å². The van der Waals surface area contributed by atoms with E-state index >= 15 is 0 Å². The number of hydrogen-bond donors (Lipinski definition) is 2. The van der Waals surface area contributed by atoms with Crippen molar-refractivity contribution < 1.29 is 4.79 Å². The maximum absolute atomic E-state index is 12.3. The van der Waals surface area contributed by atoms with Crippen molar-refractivity contribution >= 4 is 17.2 Å². The van der Waals surface area contributed by atoms with Crippen LogP contribution in [-0.2, 0) is 4.79 Å². The minimum atomic E-state index is 0.148. The molecule has 2 N–H and O–H groups in total. The number of benzene rings is 1. The molecule has 30 heavy (non-hydrogen) atoms. The van der Waals surface area contributed by atoms with Gasteiger partial charge in [-0.25, -0.2) is 0 Å². The number of hydrogen-bond acceptors (Lipinski definition) is 2. The Kier molecular flexibility index (Phi) is 13.3. The van der Waals surface area contributed by atoms with Crippen molar-refractivity contribution in [3.63, 3.8) is 0 Å². The summed E-state index contributed by atoms with van der Waals surface area (Å²) in [5.74, 6) is 0.148. The van der Waals surface area contributed by atoms with E-state index in [1.165, 1.54) is 88.2 Å². The normalized spacial score (nSPS) is 13.8. The van der Waals surface area contributed by atoms with E-state index in [4.69, 9.17) is 0 Å². The fourth-order valence-electron chi connectivity index (χ4n) is 4.21. The second-order valence-corrected chi connectivity index (χ2v) is 8.81. The van der Waals surface area contributed by atoms with Crippen LogP contribution >= 0.6 is 0 Å². The van der Waals surface area contributed by atoms with Gasteiger partial charge in [-0.1, -0.05) is 102 Å². The van der Waals surface area contributed by atoms with E-state index in [0.29, 0.717) is 6.42 Å². The van der Waals surface area contributed by atoms with Crippen molar-refractivity contribution in [1.29, 1.82) is 0 Å². The molecule has 3 nitrogen and oxygen atoms in total. The molecule has 1 aromatic rings. The summed E-state index contributed by atoms with van der Waals surface area (Å²) in [5, 5.41) is 6.43. The number of carbonyl (C=O) groups excluding carboxylic acids is 1. The zero-order valence-electron chi connectivity index (χ0n) is 19.3. The van der Waals surface area contributed by atoms with E-state index in [2.05, 4.69) is 35.8 Å². The van der Waals surface area contributed by atoms with Crippen LogP contribution in [0.25, 0.3) is 5.57 Å². The molecule has 0 unspecified atom stereocenters. The van der Waals surface area contributed by atoms with Crippen LogP contribution in [-0.4, -0.2) is 19.0 Å². The average Bonchev–Trinajstić information content (AvgIpc) is 2.78. The Morgan fingerprint density at radius 1 is 0.900 bits per heavy atom. The van der Waals surface area contributed by atoms with Crippen molar-refractivity contribution in [3.05, 3.63) is 35.9 Å². The van der Waals surface area contributed by atoms with Gasteiger partial charge >= 0.3 is 0 Å². The number of amides is 1. The van der Waals surface area contributed by atoms with E-state index in [0.717, 1.165) is 31.6 Å². The summed E-state index contributed by atoms with van der Waals surface area (Å²) in [6, 6.07) is 8.28. The quantitative estimate of drug-likeness (QED) is 0.276. The molecule has 0 aliphatic carbocycles. The molecule has 1 aliphatic heterocycles. The third-order valence-corrected chi connectivity index (χ3v) is 6.09. The lowest BCUT2D eigenvalue weighted by Gasteiger charge is -2.15. The van der Waals surface area contributed by atoms with Gasteiger partial charge in [0.2, 0.25) is 5.91 Å². The molecule has 0 fully saturated rings. The summed E-state index contributed by atoms with van der Waals surface area (Å²) >= 11 is 0. The smallest absolute Gasteiger partial charge is 0.224 e. The lowest BCUT2D eigenvalue weighted by atomic mass is 10.00. The molecular formula is C27H44N2O. The molecule has 0 atom stereocenters. The van der Waals surface area contributed by atoms with E-state index in [-0.39, 0.29) is 5.91 Å². The molecular weight excluding hydrogens is 368 g/mol. The van der Waals surface area contributed by atoms with Gasteiger partial charge in [0.15, 0.2) is 0 Å². The van der Waals surface area contributed by atoms with Crippen molar-refractivity contribution in [1.82, 2.24) is 5.32 Å². The van der Waals surface area contributed by atoms with E-state index in [9.17, 15) is 4.79 Å². The fourth-order valence-corrected chi connectivity index (χ4v) is 4.21. The zero-order valence-corrected chi connectivity index (χ0v) is 19.3. The number of unbranched alkanes of at least 4 members (excludes halogenated alkanes) is 12. The molecule has 2 rings (SSSR count). The van der Waals surface area contributed by atoms with Gasteiger partial charge in [0.25, 0.3) is 0 Å². The first-order valence-corrected chi connectivity index (χ1v) is 12.6. The van der Waals surface area contributed by atoms with Crippen LogP contribution in [0.4, 0.5) is 5.69 Å². The summed E-state index contributed by atoms with van der Waals surface area (Å²) < 4.78 is 0. The summed E-state index contributed by atoms with van der Waals surface area (Å²) in [4.78, 5) is 12.3. The Balaban J connectivity index is 1.47. The maximum atomic E-state index is 12.3. The lowest BCUT2D eigenvalue weighted by molar-refractivity contribution is -0.116. The summed E-state index contributed by atoms with van der Waals surface area (Å²) in [6.45, 7) is 4.24. The number of nitrogens with one attached hydrogen (secondary N) is 2. The molecule has 0 saturated carbocycles. The monoisotopic (exact) mass is 412 g/mol. The highest BCUT2D eigenvalue weighted by atomic mass is 16.1. The topological polar surface area (TPSA) is 41.1 Å². The lowest BCUT2D eigenvalue weighted by Crippen LogP contribution is -2.20. The van der Waals surface area contributed by atoms with Crippen LogP contribution in [0.5, 0.6) is 0 Å². The van der Waals surface area contributed by atoms with Gasteiger partial charge in [0.1, 0.15) is 0 Å². The van der Waals surface area contributed by atoms with Gasteiger partial charge < -0.3 is 10.6 Å². The third-order valence-electron chi connectivity index (χ3n) is 6.09. The van der Waals surface area contributed by atoms with E-state index < -0.39 is 0 Å². The Labute approximate surface area is 185 Å². The highest BCUT2D eigenvalue weighted by Gasteiger charge is 2.08. The SMILES string of the molecule is CCCCCCCCCCCCCCCC(=O)Nc1cccc(C2=CCNCC2)c1. The van der Waals surface area contributed by atoms with Crippen molar-refractivity contribution in [2.24, 2.45) is 0 Å². The van der Waals surface area contributed by atoms with Gasteiger partial charge in [-0.3, -0.25) is 4.79 Å². The minimum Gasteiger partial charge on any atom is -0.326 e.